The molecule has 0 spiro atoms. The molecule has 1 amide bonds. The van der Waals surface area contributed by atoms with Crippen LogP contribution in [0.2, 0.25) is 0 Å². The Labute approximate surface area is 368 Å². The first-order valence-electron chi connectivity index (χ1n) is 26.4. The molecule has 2 unspecified atom stereocenters. The van der Waals surface area contributed by atoms with Crippen LogP contribution in [0.25, 0.3) is 0 Å². The van der Waals surface area contributed by atoms with Gasteiger partial charge in [-0.2, -0.15) is 0 Å². The van der Waals surface area contributed by atoms with Crippen LogP contribution in [0.5, 0.6) is 0 Å². The highest BCUT2D eigenvalue weighted by Gasteiger charge is 2.20. The van der Waals surface area contributed by atoms with Gasteiger partial charge in [0.2, 0.25) is 5.91 Å². The normalized spacial score (nSPS) is 12.7. The minimum atomic E-state index is -0.680. The molecule has 0 saturated heterocycles. The van der Waals surface area contributed by atoms with Crippen molar-refractivity contribution in [1.29, 1.82) is 0 Å². The highest BCUT2D eigenvalue weighted by atomic mass is 16.5. The number of carbonyl (C=O) groups is 2. The zero-order valence-corrected chi connectivity index (χ0v) is 39.7. The maximum Gasteiger partial charge on any atom is 0.305 e. The molecule has 2 atom stereocenters. The van der Waals surface area contributed by atoms with Gasteiger partial charge in [-0.3, -0.25) is 9.59 Å². The molecule has 0 aliphatic rings. The predicted octanol–water partition coefficient (Wildman–Crippen LogP) is 15.7. The van der Waals surface area contributed by atoms with Crippen molar-refractivity contribution in [2.75, 3.05) is 13.2 Å². The summed E-state index contributed by atoms with van der Waals surface area (Å²) < 4.78 is 5.45. The largest absolute Gasteiger partial charge is 0.466 e. The highest BCUT2D eigenvalue weighted by Crippen LogP contribution is 2.17. The number of rotatable bonds is 49. The Morgan fingerprint density at radius 2 is 0.797 bits per heavy atom. The molecule has 0 fully saturated rings. The van der Waals surface area contributed by atoms with E-state index in [0.29, 0.717) is 25.9 Å². The van der Waals surface area contributed by atoms with E-state index in [1.54, 1.807) is 0 Å². The molecule has 0 rings (SSSR count). The molecule has 0 aromatic rings. The fourth-order valence-corrected chi connectivity index (χ4v) is 8.22. The molecular weight excluding hydrogens is 731 g/mol. The molecule has 0 heterocycles. The smallest absolute Gasteiger partial charge is 0.305 e. The Hall–Kier alpha value is -1.40. The number of hydrogen-bond acceptors (Lipinski definition) is 5. The molecule has 0 aliphatic heterocycles. The van der Waals surface area contributed by atoms with Crippen molar-refractivity contribution < 1.29 is 24.5 Å². The third-order valence-corrected chi connectivity index (χ3v) is 12.3. The number of hydrogen-bond donors (Lipinski definition) is 3. The van der Waals surface area contributed by atoms with Crippen molar-refractivity contribution in [3.63, 3.8) is 0 Å². The number of unbranched alkanes of at least 4 members (excludes halogenated alkanes) is 36. The Balaban J connectivity index is 3.46. The van der Waals surface area contributed by atoms with E-state index in [-0.39, 0.29) is 18.5 Å². The zero-order chi connectivity index (χ0) is 43.0. The van der Waals surface area contributed by atoms with Crippen LogP contribution >= 0.6 is 0 Å². The van der Waals surface area contributed by atoms with Crippen LogP contribution in [-0.2, 0) is 14.3 Å². The number of aliphatic hydroxyl groups excluding tert-OH is 2. The van der Waals surface area contributed by atoms with Crippen molar-refractivity contribution in [2.45, 2.75) is 302 Å². The number of aliphatic hydroxyl groups is 2. The third-order valence-electron chi connectivity index (χ3n) is 12.3. The average Bonchev–Trinajstić information content (AvgIpc) is 3.24. The van der Waals surface area contributed by atoms with Crippen LogP contribution in [0.1, 0.15) is 290 Å². The van der Waals surface area contributed by atoms with Crippen LogP contribution < -0.4 is 5.32 Å². The molecule has 59 heavy (non-hydrogen) atoms. The monoisotopic (exact) mass is 834 g/mol. The van der Waals surface area contributed by atoms with Gasteiger partial charge in [0.1, 0.15) is 0 Å². The van der Waals surface area contributed by atoms with Crippen LogP contribution in [-0.4, -0.2) is 47.4 Å². The number of allylic oxidation sites excluding steroid dienone is 2. The van der Waals surface area contributed by atoms with Crippen molar-refractivity contribution in [3.05, 3.63) is 12.2 Å². The second-order valence-electron chi connectivity index (χ2n) is 18.2. The standard InChI is InChI=1S/C53H103NO5/c1-3-5-7-9-11-13-15-17-18-19-20-21-22-23-27-31-35-39-43-47-53(58)59-48-44-40-36-32-28-24-26-30-34-38-42-46-52(57)54-50(49-55)51(56)45-41-37-33-29-25-16-14-12-10-8-6-4-2/h28,32,50-51,55-56H,3-27,29-31,33-49H2,1-2H3,(H,54,57)/b32-28-. The summed E-state index contributed by atoms with van der Waals surface area (Å²) in [4.78, 5) is 24.5. The SMILES string of the molecule is CCCCCCCCCCCCCCCCCCCCCC(=O)OCCCC/C=C\CCCCCCCC(=O)NC(CO)C(O)CCCCCCCCCCCCCC. The van der Waals surface area contributed by atoms with Gasteiger partial charge in [-0.1, -0.05) is 238 Å². The molecule has 6 nitrogen and oxygen atoms in total. The summed E-state index contributed by atoms with van der Waals surface area (Å²) in [5.74, 6) is -0.0899. The number of ether oxygens (including phenoxy) is 1. The molecule has 0 aromatic heterocycles. The minimum absolute atomic E-state index is 0.0264. The summed E-state index contributed by atoms with van der Waals surface area (Å²) in [7, 11) is 0. The van der Waals surface area contributed by atoms with Crippen molar-refractivity contribution in [1.82, 2.24) is 5.32 Å². The van der Waals surface area contributed by atoms with E-state index in [9.17, 15) is 19.8 Å². The Kier molecular flexibility index (Phi) is 48.1. The molecule has 0 radical (unpaired) electrons. The van der Waals surface area contributed by atoms with Crippen molar-refractivity contribution in [3.8, 4) is 0 Å². The van der Waals surface area contributed by atoms with Gasteiger partial charge in [0.25, 0.3) is 0 Å². The maximum atomic E-state index is 12.4. The summed E-state index contributed by atoms with van der Waals surface area (Å²) in [6.45, 7) is 4.88. The van der Waals surface area contributed by atoms with Gasteiger partial charge in [0, 0.05) is 12.8 Å². The van der Waals surface area contributed by atoms with Crippen molar-refractivity contribution >= 4 is 11.9 Å². The first-order valence-corrected chi connectivity index (χ1v) is 26.4. The second kappa shape index (κ2) is 49.3. The summed E-state index contributed by atoms with van der Waals surface area (Å²) in [6, 6.07) is -0.560. The number of amides is 1. The van der Waals surface area contributed by atoms with E-state index in [2.05, 4.69) is 31.3 Å². The van der Waals surface area contributed by atoms with Gasteiger partial charge in [0.05, 0.1) is 25.4 Å². The Morgan fingerprint density at radius 3 is 1.20 bits per heavy atom. The molecule has 350 valence electrons. The molecule has 0 saturated carbocycles. The van der Waals surface area contributed by atoms with Gasteiger partial charge in [-0.25, -0.2) is 0 Å². The van der Waals surface area contributed by atoms with E-state index in [4.69, 9.17) is 4.74 Å². The molecule has 0 bridgehead atoms. The van der Waals surface area contributed by atoms with Gasteiger partial charge in [-0.05, 0) is 51.4 Å². The highest BCUT2D eigenvalue weighted by molar-refractivity contribution is 5.76. The lowest BCUT2D eigenvalue weighted by atomic mass is 10.0. The van der Waals surface area contributed by atoms with Crippen LogP contribution in [0, 0.1) is 0 Å². The minimum Gasteiger partial charge on any atom is -0.466 e. The summed E-state index contributed by atoms with van der Waals surface area (Å²) >= 11 is 0. The summed E-state index contributed by atoms with van der Waals surface area (Å²) in [5, 5.41) is 23.1. The van der Waals surface area contributed by atoms with Crippen LogP contribution in [0.4, 0.5) is 0 Å². The maximum absolute atomic E-state index is 12.4. The first kappa shape index (κ1) is 57.6. The van der Waals surface area contributed by atoms with Crippen LogP contribution in [0.3, 0.4) is 0 Å². The molecule has 0 aromatic carbocycles. The second-order valence-corrected chi connectivity index (χ2v) is 18.2. The van der Waals surface area contributed by atoms with Gasteiger partial charge in [0.15, 0.2) is 0 Å². The Morgan fingerprint density at radius 1 is 0.458 bits per heavy atom. The quantitative estimate of drug-likeness (QED) is 0.0322. The topological polar surface area (TPSA) is 95.9 Å². The van der Waals surface area contributed by atoms with Crippen molar-refractivity contribution in [2.24, 2.45) is 0 Å². The summed E-state index contributed by atoms with van der Waals surface area (Å²) in [6.07, 6.45) is 56.2. The van der Waals surface area contributed by atoms with E-state index in [1.165, 1.54) is 180 Å². The van der Waals surface area contributed by atoms with E-state index in [0.717, 1.165) is 77.0 Å². The summed E-state index contributed by atoms with van der Waals surface area (Å²) in [5.41, 5.74) is 0. The average molecular weight is 834 g/mol. The van der Waals surface area contributed by atoms with E-state index in [1.807, 2.05) is 0 Å². The van der Waals surface area contributed by atoms with Gasteiger partial charge >= 0.3 is 5.97 Å². The number of nitrogens with one attached hydrogen (secondary N) is 1. The lowest BCUT2D eigenvalue weighted by molar-refractivity contribution is -0.143. The fraction of sp³-hybridized carbons (Fsp3) is 0.925. The fourth-order valence-electron chi connectivity index (χ4n) is 8.22. The molecular formula is C53H103NO5. The lowest BCUT2D eigenvalue weighted by Crippen LogP contribution is -2.45. The number of carbonyl (C=O) groups excluding carboxylic acids is 2. The molecule has 0 aliphatic carbocycles. The first-order chi connectivity index (χ1) is 29.0. The van der Waals surface area contributed by atoms with Gasteiger partial charge < -0.3 is 20.3 Å². The third kappa shape index (κ3) is 45.9. The van der Waals surface area contributed by atoms with Crippen LogP contribution in [0.15, 0.2) is 12.2 Å². The zero-order valence-electron chi connectivity index (χ0n) is 39.7. The molecule has 6 heteroatoms. The van der Waals surface area contributed by atoms with E-state index < -0.39 is 12.1 Å². The lowest BCUT2D eigenvalue weighted by Gasteiger charge is -2.22. The van der Waals surface area contributed by atoms with Gasteiger partial charge in [-0.15, -0.1) is 0 Å². The Bertz CT molecular complexity index is 878. The number of esters is 1. The molecule has 3 N–H and O–H groups in total. The van der Waals surface area contributed by atoms with E-state index >= 15 is 0 Å². The predicted molar refractivity (Wildman–Crippen MR) is 255 cm³/mol.